The summed E-state index contributed by atoms with van der Waals surface area (Å²) in [4.78, 5) is 14.4. The molecule has 0 radical (unpaired) electrons. The van der Waals surface area contributed by atoms with Gasteiger partial charge < -0.3 is 10.1 Å². The van der Waals surface area contributed by atoms with Gasteiger partial charge in [0.2, 0.25) is 0 Å². The van der Waals surface area contributed by atoms with Crippen molar-refractivity contribution in [3.63, 3.8) is 0 Å². The van der Waals surface area contributed by atoms with Crippen LogP contribution in [0.5, 0.6) is 0 Å². The van der Waals surface area contributed by atoms with Crippen LogP contribution in [0.2, 0.25) is 0 Å². The quantitative estimate of drug-likeness (QED) is 0.924. The number of nitrogens with one attached hydrogen (secondary N) is 1. The lowest BCUT2D eigenvalue weighted by Crippen LogP contribution is -2.31. The Morgan fingerprint density at radius 1 is 1.53 bits per heavy atom. The summed E-state index contributed by atoms with van der Waals surface area (Å²) in [5.41, 5.74) is 1.39. The van der Waals surface area contributed by atoms with Crippen molar-refractivity contribution in [1.82, 2.24) is 5.32 Å². The second-order valence-electron chi connectivity index (χ2n) is 5.75. The number of carbonyl (C=O) groups is 1. The Hall–Kier alpha value is -0.870. The van der Waals surface area contributed by atoms with Crippen molar-refractivity contribution in [3.05, 3.63) is 21.4 Å². The molecule has 1 aliphatic carbocycles. The van der Waals surface area contributed by atoms with Crippen molar-refractivity contribution < 1.29 is 9.53 Å². The molecule has 1 amide bonds. The molecule has 1 aromatic heterocycles. The molecule has 1 aliphatic heterocycles. The number of hydrogen-bond donors (Lipinski definition) is 1. The van der Waals surface area contributed by atoms with E-state index in [9.17, 15) is 4.79 Å². The van der Waals surface area contributed by atoms with Gasteiger partial charge in [-0.15, -0.1) is 11.3 Å². The number of fused-ring (bicyclic) bond motifs is 1. The van der Waals surface area contributed by atoms with Crippen LogP contribution >= 0.6 is 11.3 Å². The van der Waals surface area contributed by atoms with Gasteiger partial charge in [0.25, 0.3) is 5.91 Å². The first-order valence-electron chi connectivity index (χ1n) is 7.24. The van der Waals surface area contributed by atoms with Crippen molar-refractivity contribution in [2.75, 3.05) is 13.2 Å². The third-order valence-electron chi connectivity index (χ3n) is 4.07. The second-order valence-corrected chi connectivity index (χ2v) is 6.89. The molecule has 0 aromatic carbocycles. The number of carbonyl (C=O) groups excluding carboxylic acids is 1. The predicted octanol–water partition coefficient (Wildman–Crippen LogP) is 2.78. The third-order valence-corrected chi connectivity index (χ3v) is 5.30. The van der Waals surface area contributed by atoms with Crippen molar-refractivity contribution in [3.8, 4) is 0 Å². The monoisotopic (exact) mass is 279 g/mol. The van der Waals surface area contributed by atoms with E-state index in [0.717, 1.165) is 43.1 Å². The minimum atomic E-state index is 0.0718. The summed E-state index contributed by atoms with van der Waals surface area (Å²) in [6.07, 6.45) is 5.93. The highest BCUT2D eigenvalue weighted by molar-refractivity contribution is 7.14. The lowest BCUT2D eigenvalue weighted by Gasteiger charge is -2.16. The molecule has 2 aliphatic rings. The van der Waals surface area contributed by atoms with E-state index in [2.05, 4.69) is 18.3 Å². The first kappa shape index (κ1) is 13.1. The molecule has 2 heterocycles. The summed E-state index contributed by atoms with van der Waals surface area (Å²) in [6, 6.07) is 2.10. The number of rotatable bonds is 3. The molecule has 0 spiro atoms. The van der Waals surface area contributed by atoms with Crippen LogP contribution in [0.4, 0.5) is 0 Å². The Morgan fingerprint density at radius 2 is 2.42 bits per heavy atom. The molecular formula is C15H21NO2S. The van der Waals surface area contributed by atoms with Crippen molar-refractivity contribution in [1.29, 1.82) is 0 Å². The number of ether oxygens (including phenoxy) is 1. The largest absolute Gasteiger partial charge is 0.376 e. The van der Waals surface area contributed by atoms with Crippen LogP contribution in [-0.4, -0.2) is 25.2 Å². The van der Waals surface area contributed by atoms with Crippen LogP contribution < -0.4 is 5.32 Å². The Balaban J connectivity index is 1.60. The van der Waals surface area contributed by atoms with Gasteiger partial charge in [-0.3, -0.25) is 4.79 Å². The van der Waals surface area contributed by atoms with Gasteiger partial charge >= 0.3 is 0 Å². The lowest BCUT2D eigenvalue weighted by molar-refractivity contribution is 0.0861. The fourth-order valence-corrected chi connectivity index (χ4v) is 4.04. The lowest BCUT2D eigenvalue weighted by atomic mass is 9.90. The van der Waals surface area contributed by atoms with Crippen LogP contribution in [0.1, 0.15) is 46.3 Å². The summed E-state index contributed by atoms with van der Waals surface area (Å²) in [5.74, 6) is 0.826. The van der Waals surface area contributed by atoms with E-state index in [-0.39, 0.29) is 12.0 Å². The molecule has 0 unspecified atom stereocenters. The minimum Gasteiger partial charge on any atom is -0.376 e. The Labute approximate surface area is 118 Å². The smallest absolute Gasteiger partial charge is 0.261 e. The summed E-state index contributed by atoms with van der Waals surface area (Å²) < 4.78 is 5.52. The van der Waals surface area contributed by atoms with Gasteiger partial charge in [-0.1, -0.05) is 6.92 Å². The maximum absolute atomic E-state index is 12.1. The molecule has 1 saturated heterocycles. The summed E-state index contributed by atoms with van der Waals surface area (Å²) in [6.45, 7) is 3.78. The van der Waals surface area contributed by atoms with Crippen LogP contribution in [0, 0.1) is 5.92 Å². The molecule has 0 bridgehead atoms. The maximum atomic E-state index is 12.1. The molecule has 19 heavy (non-hydrogen) atoms. The van der Waals surface area contributed by atoms with Crippen molar-refractivity contribution in [2.45, 2.75) is 45.1 Å². The second kappa shape index (κ2) is 5.63. The molecule has 1 aromatic rings. The SMILES string of the molecule is C[C@H]1CCc2sc(C(=O)NC[C@@H]3CCCO3)cc2C1. The average Bonchev–Trinajstić information content (AvgIpc) is 3.04. The van der Waals surface area contributed by atoms with E-state index < -0.39 is 0 Å². The highest BCUT2D eigenvalue weighted by atomic mass is 32.1. The van der Waals surface area contributed by atoms with Crippen LogP contribution in [-0.2, 0) is 17.6 Å². The molecule has 1 fully saturated rings. The maximum Gasteiger partial charge on any atom is 0.261 e. The Bertz CT molecular complexity index is 463. The van der Waals surface area contributed by atoms with Gasteiger partial charge in [0.05, 0.1) is 11.0 Å². The molecule has 4 heteroatoms. The zero-order chi connectivity index (χ0) is 13.2. The number of thiophene rings is 1. The van der Waals surface area contributed by atoms with Gasteiger partial charge in [0.15, 0.2) is 0 Å². The van der Waals surface area contributed by atoms with E-state index in [1.165, 1.54) is 16.9 Å². The first-order valence-corrected chi connectivity index (χ1v) is 8.05. The van der Waals surface area contributed by atoms with Crippen molar-refractivity contribution >= 4 is 17.2 Å². The van der Waals surface area contributed by atoms with Crippen molar-refractivity contribution in [2.24, 2.45) is 5.92 Å². The van der Waals surface area contributed by atoms with E-state index in [0.29, 0.717) is 6.54 Å². The Morgan fingerprint density at radius 3 is 3.21 bits per heavy atom. The Kier molecular flexibility index (Phi) is 3.89. The molecule has 3 rings (SSSR count). The molecule has 1 N–H and O–H groups in total. The predicted molar refractivity (Wildman–Crippen MR) is 76.8 cm³/mol. The third kappa shape index (κ3) is 3.00. The average molecular weight is 279 g/mol. The van der Waals surface area contributed by atoms with Crippen LogP contribution in [0.3, 0.4) is 0 Å². The zero-order valence-electron chi connectivity index (χ0n) is 11.4. The highest BCUT2D eigenvalue weighted by Crippen LogP contribution is 2.32. The first-order chi connectivity index (χ1) is 9.22. The van der Waals surface area contributed by atoms with E-state index >= 15 is 0 Å². The minimum absolute atomic E-state index is 0.0718. The summed E-state index contributed by atoms with van der Waals surface area (Å²) >= 11 is 1.68. The fourth-order valence-electron chi connectivity index (χ4n) is 2.92. The molecule has 3 nitrogen and oxygen atoms in total. The normalized spacial score (nSPS) is 26.2. The van der Waals surface area contributed by atoms with Gasteiger partial charge in [-0.05, 0) is 49.7 Å². The molecule has 2 atom stereocenters. The van der Waals surface area contributed by atoms with E-state index in [1.807, 2.05) is 0 Å². The fraction of sp³-hybridized carbons (Fsp3) is 0.667. The van der Waals surface area contributed by atoms with Gasteiger partial charge in [0.1, 0.15) is 0 Å². The standard InChI is InChI=1S/C15H21NO2S/c1-10-4-5-13-11(7-10)8-14(19-13)15(17)16-9-12-3-2-6-18-12/h8,10,12H,2-7,9H2,1H3,(H,16,17)/t10-,12-/m0/s1. The van der Waals surface area contributed by atoms with Gasteiger partial charge in [-0.25, -0.2) is 0 Å². The zero-order valence-corrected chi connectivity index (χ0v) is 12.2. The van der Waals surface area contributed by atoms with Crippen LogP contribution in [0.15, 0.2) is 6.07 Å². The number of hydrogen-bond acceptors (Lipinski definition) is 3. The van der Waals surface area contributed by atoms with Gasteiger partial charge in [0, 0.05) is 18.0 Å². The van der Waals surface area contributed by atoms with E-state index in [4.69, 9.17) is 4.74 Å². The number of amides is 1. The molecular weight excluding hydrogens is 258 g/mol. The van der Waals surface area contributed by atoms with E-state index in [1.54, 1.807) is 11.3 Å². The topological polar surface area (TPSA) is 38.3 Å². The van der Waals surface area contributed by atoms with Crippen LogP contribution in [0.25, 0.3) is 0 Å². The highest BCUT2D eigenvalue weighted by Gasteiger charge is 2.21. The molecule has 104 valence electrons. The van der Waals surface area contributed by atoms with Gasteiger partial charge in [-0.2, -0.15) is 0 Å². The molecule has 0 saturated carbocycles. The summed E-state index contributed by atoms with van der Waals surface area (Å²) in [7, 11) is 0. The summed E-state index contributed by atoms with van der Waals surface area (Å²) in [5, 5.41) is 3.01. The number of aryl methyl sites for hydroxylation is 1.